The Morgan fingerprint density at radius 1 is 1.43 bits per heavy atom. The van der Waals surface area contributed by atoms with E-state index >= 15 is 0 Å². The molecule has 0 aromatic heterocycles. The third-order valence-corrected chi connectivity index (χ3v) is 2.02. The lowest BCUT2D eigenvalue weighted by Crippen LogP contribution is -2.38. The van der Waals surface area contributed by atoms with E-state index in [-0.39, 0.29) is 6.61 Å². The molecule has 1 atom stereocenters. The maximum absolute atomic E-state index is 11.5. The minimum atomic E-state index is -1.11. The van der Waals surface area contributed by atoms with Crippen molar-refractivity contribution in [1.29, 1.82) is 0 Å². The van der Waals surface area contributed by atoms with Crippen LogP contribution in [0, 0.1) is 5.92 Å². The SMILES string of the molecule is CCN(CCCO)C(=O)C(C)C(=O)O. The lowest BCUT2D eigenvalue weighted by molar-refractivity contribution is -0.150. The number of carbonyl (C=O) groups excluding carboxylic acids is 1. The largest absolute Gasteiger partial charge is 0.481 e. The molecule has 5 heteroatoms. The zero-order valence-corrected chi connectivity index (χ0v) is 8.56. The molecule has 0 aromatic carbocycles. The van der Waals surface area contributed by atoms with Crippen LogP contribution in [0.4, 0.5) is 0 Å². The van der Waals surface area contributed by atoms with E-state index in [1.807, 2.05) is 0 Å². The van der Waals surface area contributed by atoms with Gasteiger partial charge in [0, 0.05) is 19.7 Å². The smallest absolute Gasteiger partial charge is 0.315 e. The standard InChI is InChI=1S/C9H17NO4/c1-3-10(5-4-6-11)8(12)7(2)9(13)14/h7,11H,3-6H2,1-2H3,(H,13,14). The molecule has 14 heavy (non-hydrogen) atoms. The van der Waals surface area contributed by atoms with Crippen molar-refractivity contribution >= 4 is 11.9 Å². The highest BCUT2D eigenvalue weighted by molar-refractivity contribution is 5.96. The third-order valence-electron chi connectivity index (χ3n) is 2.02. The molecule has 82 valence electrons. The molecule has 5 nitrogen and oxygen atoms in total. The average molecular weight is 203 g/mol. The van der Waals surface area contributed by atoms with Gasteiger partial charge in [0.15, 0.2) is 0 Å². The summed E-state index contributed by atoms with van der Waals surface area (Å²) in [5.74, 6) is -2.51. The fourth-order valence-electron chi connectivity index (χ4n) is 1.07. The molecule has 0 spiro atoms. The second-order valence-corrected chi connectivity index (χ2v) is 3.05. The number of amides is 1. The fraction of sp³-hybridized carbons (Fsp3) is 0.778. The molecule has 1 amide bonds. The van der Waals surface area contributed by atoms with Crippen molar-refractivity contribution < 1.29 is 19.8 Å². The van der Waals surface area contributed by atoms with Crippen LogP contribution in [-0.2, 0) is 9.59 Å². The molecular formula is C9H17NO4. The predicted molar refractivity (Wildman–Crippen MR) is 50.8 cm³/mol. The number of rotatable bonds is 6. The van der Waals surface area contributed by atoms with E-state index in [0.29, 0.717) is 19.5 Å². The van der Waals surface area contributed by atoms with Crippen LogP contribution < -0.4 is 0 Å². The average Bonchev–Trinajstić information content (AvgIpc) is 2.17. The van der Waals surface area contributed by atoms with Crippen molar-refractivity contribution in [2.75, 3.05) is 19.7 Å². The van der Waals surface area contributed by atoms with E-state index in [4.69, 9.17) is 10.2 Å². The van der Waals surface area contributed by atoms with Gasteiger partial charge in [0.05, 0.1) is 0 Å². The normalized spacial score (nSPS) is 12.2. The number of aliphatic carboxylic acids is 1. The predicted octanol–water partition coefficient (Wildman–Crippen LogP) is -0.0620. The number of carbonyl (C=O) groups is 2. The highest BCUT2D eigenvalue weighted by Crippen LogP contribution is 2.03. The molecule has 1 unspecified atom stereocenters. The molecule has 0 aliphatic rings. The van der Waals surface area contributed by atoms with Crippen molar-refractivity contribution in [1.82, 2.24) is 4.90 Å². The molecule has 0 saturated carbocycles. The van der Waals surface area contributed by atoms with Crippen LogP contribution >= 0.6 is 0 Å². The van der Waals surface area contributed by atoms with Gasteiger partial charge in [-0.05, 0) is 20.3 Å². The maximum atomic E-state index is 11.5. The molecule has 2 N–H and O–H groups in total. The molecule has 0 aromatic rings. The minimum absolute atomic E-state index is 0.00519. The van der Waals surface area contributed by atoms with Crippen LogP contribution in [-0.4, -0.2) is 46.7 Å². The first-order valence-electron chi connectivity index (χ1n) is 4.67. The number of aliphatic hydroxyl groups excluding tert-OH is 1. The zero-order valence-electron chi connectivity index (χ0n) is 8.56. The Labute approximate surface area is 83.3 Å². The van der Waals surface area contributed by atoms with E-state index in [1.54, 1.807) is 6.92 Å². The Hall–Kier alpha value is -1.10. The van der Waals surface area contributed by atoms with Crippen LogP contribution in [0.25, 0.3) is 0 Å². The van der Waals surface area contributed by atoms with E-state index < -0.39 is 17.8 Å². The third kappa shape index (κ3) is 3.74. The first-order valence-corrected chi connectivity index (χ1v) is 4.67. The van der Waals surface area contributed by atoms with Crippen LogP contribution in [0.1, 0.15) is 20.3 Å². The molecule has 0 rings (SSSR count). The van der Waals surface area contributed by atoms with Crippen molar-refractivity contribution in [3.8, 4) is 0 Å². The Bertz CT molecular complexity index is 205. The van der Waals surface area contributed by atoms with E-state index in [0.717, 1.165) is 0 Å². The molecule has 0 fully saturated rings. The van der Waals surface area contributed by atoms with Crippen molar-refractivity contribution in [2.45, 2.75) is 20.3 Å². The summed E-state index contributed by atoms with van der Waals surface area (Å²) in [6.45, 7) is 4.03. The van der Waals surface area contributed by atoms with Gasteiger partial charge in [-0.2, -0.15) is 0 Å². The highest BCUT2D eigenvalue weighted by Gasteiger charge is 2.24. The number of aliphatic hydroxyl groups is 1. The van der Waals surface area contributed by atoms with Crippen molar-refractivity contribution in [3.05, 3.63) is 0 Å². The Morgan fingerprint density at radius 3 is 2.36 bits per heavy atom. The topological polar surface area (TPSA) is 77.8 Å². The molecule has 0 bridgehead atoms. The van der Waals surface area contributed by atoms with Crippen LogP contribution in [0.5, 0.6) is 0 Å². The van der Waals surface area contributed by atoms with Gasteiger partial charge in [0.25, 0.3) is 0 Å². The summed E-state index contributed by atoms with van der Waals surface area (Å²) in [5.41, 5.74) is 0. The second kappa shape index (κ2) is 6.37. The summed E-state index contributed by atoms with van der Waals surface area (Å²) in [6, 6.07) is 0. The first kappa shape index (κ1) is 12.9. The van der Waals surface area contributed by atoms with Crippen LogP contribution in [0.3, 0.4) is 0 Å². The van der Waals surface area contributed by atoms with E-state index in [1.165, 1.54) is 11.8 Å². The number of hydrogen-bond acceptors (Lipinski definition) is 3. The van der Waals surface area contributed by atoms with Crippen LogP contribution in [0.15, 0.2) is 0 Å². The Kier molecular flexibility index (Phi) is 5.87. The summed E-state index contributed by atoms with van der Waals surface area (Å²) >= 11 is 0. The van der Waals surface area contributed by atoms with Crippen molar-refractivity contribution in [3.63, 3.8) is 0 Å². The Morgan fingerprint density at radius 2 is 2.00 bits per heavy atom. The monoisotopic (exact) mass is 203 g/mol. The van der Waals surface area contributed by atoms with E-state index in [9.17, 15) is 9.59 Å². The summed E-state index contributed by atoms with van der Waals surface area (Å²) in [5, 5.41) is 17.2. The van der Waals surface area contributed by atoms with E-state index in [2.05, 4.69) is 0 Å². The van der Waals surface area contributed by atoms with Gasteiger partial charge in [-0.15, -0.1) is 0 Å². The molecule has 0 aliphatic heterocycles. The molecular weight excluding hydrogens is 186 g/mol. The maximum Gasteiger partial charge on any atom is 0.315 e. The summed E-state index contributed by atoms with van der Waals surface area (Å²) in [7, 11) is 0. The second-order valence-electron chi connectivity index (χ2n) is 3.05. The molecule has 0 radical (unpaired) electrons. The van der Waals surface area contributed by atoms with Gasteiger partial charge in [0.2, 0.25) is 5.91 Å². The highest BCUT2D eigenvalue weighted by atomic mass is 16.4. The van der Waals surface area contributed by atoms with Gasteiger partial charge < -0.3 is 15.1 Å². The van der Waals surface area contributed by atoms with Crippen molar-refractivity contribution in [2.24, 2.45) is 5.92 Å². The molecule has 0 saturated heterocycles. The summed E-state index contributed by atoms with van der Waals surface area (Å²) < 4.78 is 0. The molecule has 0 heterocycles. The van der Waals surface area contributed by atoms with Crippen LogP contribution in [0.2, 0.25) is 0 Å². The first-order chi connectivity index (χ1) is 6.54. The number of nitrogens with zero attached hydrogens (tertiary/aromatic N) is 1. The number of carboxylic acids is 1. The molecule has 0 aliphatic carbocycles. The van der Waals surface area contributed by atoms with Gasteiger partial charge in [-0.3, -0.25) is 9.59 Å². The van der Waals surface area contributed by atoms with Gasteiger partial charge in [-0.1, -0.05) is 0 Å². The number of hydrogen-bond donors (Lipinski definition) is 2. The quantitative estimate of drug-likeness (QED) is 0.593. The number of carboxylic acid groups (broad SMARTS) is 1. The zero-order chi connectivity index (χ0) is 11.1. The summed E-state index contributed by atoms with van der Waals surface area (Å²) in [6.07, 6.45) is 0.478. The van der Waals surface area contributed by atoms with Gasteiger partial charge in [-0.25, -0.2) is 0 Å². The summed E-state index contributed by atoms with van der Waals surface area (Å²) in [4.78, 5) is 23.5. The minimum Gasteiger partial charge on any atom is -0.481 e. The Balaban J connectivity index is 4.23. The fourth-order valence-corrected chi connectivity index (χ4v) is 1.07. The lowest BCUT2D eigenvalue weighted by atomic mass is 10.1. The van der Waals surface area contributed by atoms with Gasteiger partial charge >= 0.3 is 5.97 Å². The lowest BCUT2D eigenvalue weighted by Gasteiger charge is -2.22. The van der Waals surface area contributed by atoms with Gasteiger partial charge in [0.1, 0.15) is 5.92 Å².